The Morgan fingerprint density at radius 3 is 2.64 bits per heavy atom. The van der Waals surface area contributed by atoms with Gasteiger partial charge in [0.25, 0.3) is 5.91 Å². The van der Waals surface area contributed by atoms with Crippen molar-refractivity contribution in [3.63, 3.8) is 0 Å². The summed E-state index contributed by atoms with van der Waals surface area (Å²) < 4.78 is 5.88. The Labute approximate surface area is 168 Å². The van der Waals surface area contributed by atoms with Gasteiger partial charge in [0, 0.05) is 16.6 Å². The molecule has 1 aliphatic heterocycles. The first-order valence-electron chi connectivity index (χ1n) is 8.60. The van der Waals surface area contributed by atoms with E-state index in [4.69, 9.17) is 16.0 Å². The van der Waals surface area contributed by atoms with Crippen LogP contribution in [0.1, 0.15) is 33.3 Å². The number of halogens is 1. The van der Waals surface area contributed by atoms with Gasteiger partial charge in [-0.1, -0.05) is 41.4 Å². The van der Waals surface area contributed by atoms with Crippen LogP contribution in [0.25, 0.3) is 11.0 Å². The third-order valence-electron chi connectivity index (χ3n) is 4.85. The molecular formula is C21H13ClN2O3S. The lowest BCUT2D eigenvalue weighted by Gasteiger charge is -2.22. The average molecular weight is 409 g/mol. The van der Waals surface area contributed by atoms with E-state index in [1.807, 2.05) is 31.2 Å². The maximum absolute atomic E-state index is 13.4. The Bertz CT molecular complexity index is 1280. The molecule has 2 aromatic carbocycles. The third kappa shape index (κ3) is 2.49. The molecule has 0 saturated carbocycles. The standard InChI is InChI=1S/C21H13ClN2O3S/c1-11-2-4-12(5-3-11)17-16-18(25)14-10-13(22)6-7-15(14)27-19(16)20(26)24(17)21-23-8-9-28-21/h2-10,17H,1H3. The number of carbonyl (C=O) groups is 1. The number of hydrogen-bond donors (Lipinski definition) is 0. The smallest absolute Gasteiger partial charge is 0.297 e. The molecule has 0 saturated heterocycles. The quantitative estimate of drug-likeness (QED) is 0.470. The van der Waals surface area contributed by atoms with Crippen LogP contribution in [0.5, 0.6) is 0 Å². The van der Waals surface area contributed by atoms with Crippen molar-refractivity contribution in [2.75, 3.05) is 4.90 Å². The van der Waals surface area contributed by atoms with Crippen molar-refractivity contribution in [2.24, 2.45) is 0 Å². The number of nitrogens with zero attached hydrogens (tertiary/aromatic N) is 2. The molecule has 3 heterocycles. The van der Waals surface area contributed by atoms with Gasteiger partial charge in [-0.15, -0.1) is 11.3 Å². The van der Waals surface area contributed by atoms with Gasteiger partial charge in [-0.25, -0.2) is 4.98 Å². The Morgan fingerprint density at radius 1 is 1.14 bits per heavy atom. The summed E-state index contributed by atoms with van der Waals surface area (Å²) in [6.45, 7) is 1.99. The van der Waals surface area contributed by atoms with E-state index in [0.29, 0.717) is 26.7 Å². The Morgan fingerprint density at radius 2 is 1.93 bits per heavy atom. The maximum atomic E-state index is 13.4. The fourth-order valence-corrected chi connectivity index (χ4v) is 4.38. The van der Waals surface area contributed by atoms with Crippen molar-refractivity contribution in [3.05, 3.63) is 91.7 Å². The number of thiazole rings is 1. The molecule has 5 rings (SSSR count). The molecule has 0 fully saturated rings. The van der Waals surface area contributed by atoms with Gasteiger partial charge in [0.15, 0.2) is 10.6 Å². The number of aromatic nitrogens is 1. The molecule has 1 amide bonds. The second kappa shape index (κ2) is 6.29. The maximum Gasteiger partial charge on any atom is 0.297 e. The van der Waals surface area contributed by atoms with Crippen LogP contribution in [0, 0.1) is 6.92 Å². The lowest BCUT2D eigenvalue weighted by molar-refractivity contribution is 0.0971. The fourth-order valence-electron chi connectivity index (χ4n) is 3.54. The van der Waals surface area contributed by atoms with Crippen molar-refractivity contribution in [2.45, 2.75) is 13.0 Å². The van der Waals surface area contributed by atoms with E-state index in [0.717, 1.165) is 11.1 Å². The highest BCUT2D eigenvalue weighted by atomic mass is 35.5. The SMILES string of the molecule is Cc1ccc(C2c3c(oc4ccc(Cl)cc4c3=O)C(=O)N2c2nccs2)cc1. The van der Waals surface area contributed by atoms with Gasteiger partial charge in [-0.05, 0) is 30.7 Å². The van der Waals surface area contributed by atoms with Crippen LogP contribution in [-0.4, -0.2) is 10.9 Å². The minimum absolute atomic E-state index is 0.0561. The predicted octanol–water partition coefficient (Wildman–Crippen LogP) is 4.96. The zero-order valence-corrected chi connectivity index (χ0v) is 16.3. The number of anilines is 1. The summed E-state index contributed by atoms with van der Waals surface area (Å²) in [7, 11) is 0. The summed E-state index contributed by atoms with van der Waals surface area (Å²) in [6, 6.07) is 12.0. The van der Waals surface area contributed by atoms with Gasteiger partial charge < -0.3 is 4.42 Å². The van der Waals surface area contributed by atoms with Crippen molar-refractivity contribution >= 4 is 44.9 Å². The molecule has 0 radical (unpaired) electrons. The van der Waals surface area contributed by atoms with E-state index in [9.17, 15) is 9.59 Å². The molecule has 7 heteroatoms. The summed E-state index contributed by atoms with van der Waals surface area (Å²) >= 11 is 7.42. The number of aryl methyl sites for hydroxylation is 1. The van der Waals surface area contributed by atoms with Crippen LogP contribution in [0.3, 0.4) is 0 Å². The summed E-state index contributed by atoms with van der Waals surface area (Å²) in [4.78, 5) is 32.4. The molecular weight excluding hydrogens is 396 g/mol. The molecule has 1 atom stereocenters. The number of benzene rings is 2. The predicted molar refractivity (Wildman–Crippen MR) is 109 cm³/mol. The minimum atomic E-state index is -0.603. The Hall–Kier alpha value is -2.96. The number of amides is 1. The number of hydrogen-bond acceptors (Lipinski definition) is 5. The van der Waals surface area contributed by atoms with Crippen LogP contribution in [0.4, 0.5) is 5.13 Å². The molecule has 4 aromatic rings. The topological polar surface area (TPSA) is 63.4 Å². The summed E-state index contributed by atoms with van der Waals surface area (Å²) in [6.07, 6.45) is 1.63. The van der Waals surface area contributed by atoms with Gasteiger partial charge >= 0.3 is 0 Å². The molecule has 1 unspecified atom stereocenters. The summed E-state index contributed by atoms with van der Waals surface area (Å²) in [5.74, 6) is -0.315. The number of carbonyl (C=O) groups excluding carboxylic acids is 1. The highest BCUT2D eigenvalue weighted by Crippen LogP contribution is 2.41. The van der Waals surface area contributed by atoms with Gasteiger partial charge in [0.1, 0.15) is 5.58 Å². The lowest BCUT2D eigenvalue weighted by atomic mass is 9.98. The number of rotatable bonds is 2. The van der Waals surface area contributed by atoms with Crippen molar-refractivity contribution < 1.29 is 9.21 Å². The van der Waals surface area contributed by atoms with E-state index in [1.165, 1.54) is 16.2 Å². The van der Waals surface area contributed by atoms with E-state index in [2.05, 4.69) is 4.98 Å². The second-order valence-corrected chi connectivity index (χ2v) is 7.93. The largest absolute Gasteiger partial charge is 0.450 e. The normalized spacial score (nSPS) is 16.0. The molecule has 0 spiro atoms. The monoisotopic (exact) mass is 408 g/mol. The van der Waals surface area contributed by atoms with Gasteiger partial charge in [0.2, 0.25) is 5.76 Å². The zero-order valence-electron chi connectivity index (χ0n) is 14.7. The first-order valence-corrected chi connectivity index (χ1v) is 9.86. The minimum Gasteiger partial charge on any atom is -0.450 e. The van der Waals surface area contributed by atoms with Gasteiger partial charge in [-0.3, -0.25) is 14.5 Å². The molecule has 0 bridgehead atoms. The van der Waals surface area contributed by atoms with Gasteiger partial charge in [-0.2, -0.15) is 0 Å². The molecule has 1 aliphatic rings. The average Bonchev–Trinajstić information content (AvgIpc) is 3.30. The van der Waals surface area contributed by atoms with E-state index < -0.39 is 6.04 Å². The van der Waals surface area contributed by atoms with Crippen molar-refractivity contribution in [1.29, 1.82) is 0 Å². The van der Waals surface area contributed by atoms with E-state index in [-0.39, 0.29) is 17.1 Å². The zero-order chi connectivity index (χ0) is 19.4. The molecule has 138 valence electrons. The van der Waals surface area contributed by atoms with Crippen LogP contribution < -0.4 is 10.3 Å². The highest BCUT2D eigenvalue weighted by Gasteiger charge is 2.44. The first kappa shape index (κ1) is 17.2. The molecule has 0 N–H and O–H groups in total. The summed E-state index contributed by atoms with van der Waals surface area (Å²) in [5, 5.41) is 3.11. The molecule has 0 aliphatic carbocycles. The number of fused-ring (bicyclic) bond motifs is 2. The first-order chi connectivity index (χ1) is 13.5. The Kier molecular flexibility index (Phi) is 3.86. The fraction of sp³-hybridized carbons (Fsp3) is 0.0952. The van der Waals surface area contributed by atoms with E-state index >= 15 is 0 Å². The second-order valence-electron chi connectivity index (χ2n) is 6.62. The van der Waals surface area contributed by atoms with Crippen LogP contribution in [-0.2, 0) is 0 Å². The molecule has 5 nitrogen and oxygen atoms in total. The Balaban J connectivity index is 1.83. The third-order valence-corrected chi connectivity index (χ3v) is 5.86. The molecule has 2 aromatic heterocycles. The lowest BCUT2D eigenvalue weighted by Crippen LogP contribution is -2.29. The molecule has 28 heavy (non-hydrogen) atoms. The van der Waals surface area contributed by atoms with Crippen molar-refractivity contribution in [3.8, 4) is 0 Å². The van der Waals surface area contributed by atoms with Crippen LogP contribution >= 0.6 is 22.9 Å². The van der Waals surface area contributed by atoms with Crippen LogP contribution in [0.2, 0.25) is 5.02 Å². The van der Waals surface area contributed by atoms with Crippen molar-refractivity contribution in [1.82, 2.24) is 4.98 Å². The van der Waals surface area contributed by atoms with E-state index in [1.54, 1.807) is 29.8 Å². The van der Waals surface area contributed by atoms with Gasteiger partial charge in [0.05, 0.1) is 17.0 Å². The van der Waals surface area contributed by atoms with Crippen LogP contribution in [0.15, 0.2) is 63.3 Å². The summed E-state index contributed by atoms with van der Waals surface area (Å²) in [5.41, 5.74) is 2.31. The highest BCUT2D eigenvalue weighted by molar-refractivity contribution is 7.13.